The van der Waals surface area contributed by atoms with Gasteiger partial charge in [-0.1, -0.05) is 0 Å². The number of rotatable bonds is 2. The summed E-state index contributed by atoms with van der Waals surface area (Å²) in [6, 6.07) is 0. The van der Waals surface area contributed by atoms with Gasteiger partial charge in [0.1, 0.15) is 0 Å². The van der Waals surface area contributed by atoms with Crippen molar-refractivity contribution >= 4 is 11.9 Å². The van der Waals surface area contributed by atoms with Crippen LogP contribution in [0.5, 0.6) is 0 Å². The number of hydrogen-bond acceptors (Lipinski definition) is 3. The Hall–Kier alpha value is -1.10. The van der Waals surface area contributed by atoms with E-state index in [0.29, 0.717) is 0 Å². The van der Waals surface area contributed by atoms with E-state index in [9.17, 15) is 9.59 Å². The summed E-state index contributed by atoms with van der Waals surface area (Å²) in [7, 11) is 0. The van der Waals surface area contributed by atoms with E-state index < -0.39 is 22.8 Å². The van der Waals surface area contributed by atoms with Gasteiger partial charge in [0.25, 0.3) is 0 Å². The van der Waals surface area contributed by atoms with Crippen LogP contribution in [-0.4, -0.2) is 35.7 Å². The fraction of sp³-hybridized carbons (Fsp3) is 0.778. The Kier molecular flexibility index (Phi) is 2.54. The van der Waals surface area contributed by atoms with Crippen molar-refractivity contribution in [2.75, 3.05) is 13.2 Å². The molecule has 1 heterocycles. The minimum absolute atomic E-state index is 0.0375. The quantitative estimate of drug-likeness (QED) is 0.617. The number of ether oxygens (including phenoxy) is 1. The van der Waals surface area contributed by atoms with Crippen LogP contribution in [-0.2, 0) is 14.3 Å². The third kappa shape index (κ3) is 1.87. The van der Waals surface area contributed by atoms with Crippen LogP contribution in [0.4, 0.5) is 0 Å². The SMILES string of the molecule is CC(C)(C)NC(=O)C1(C(=O)O)COC1. The molecule has 5 heteroatoms. The number of carbonyl (C=O) groups excluding carboxylic acids is 1. The molecule has 5 nitrogen and oxygen atoms in total. The maximum Gasteiger partial charge on any atom is 0.324 e. The smallest absolute Gasteiger partial charge is 0.324 e. The number of aliphatic carboxylic acids is 1. The third-order valence-corrected chi connectivity index (χ3v) is 2.03. The van der Waals surface area contributed by atoms with E-state index in [1.165, 1.54) is 0 Å². The summed E-state index contributed by atoms with van der Waals surface area (Å²) in [5.74, 6) is -1.59. The minimum atomic E-state index is -1.37. The van der Waals surface area contributed by atoms with Crippen molar-refractivity contribution < 1.29 is 19.4 Å². The topological polar surface area (TPSA) is 75.6 Å². The van der Waals surface area contributed by atoms with Crippen LogP contribution in [0.15, 0.2) is 0 Å². The van der Waals surface area contributed by atoms with Crippen LogP contribution in [0.3, 0.4) is 0 Å². The normalized spacial score (nSPS) is 19.6. The van der Waals surface area contributed by atoms with Crippen molar-refractivity contribution in [3.8, 4) is 0 Å². The van der Waals surface area contributed by atoms with Gasteiger partial charge in [-0.25, -0.2) is 0 Å². The molecular formula is C9H15NO4. The second-order valence-electron chi connectivity index (χ2n) is 4.58. The molecule has 0 radical (unpaired) electrons. The van der Waals surface area contributed by atoms with Gasteiger partial charge >= 0.3 is 5.97 Å². The highest BCUT2D eigenvalue weighted by Gasteiger charge is 2.53. The van der Waals surface area contributed by atoms with Gasteiger partial charge in [-0.15, -0.1) is 0 Å². The van der Waals surface area contributed by atoms with E-state index in [-0.39, 0.29) is 13.2 Å². The Labute approximate surface area is 82.4 Å². The molecule has 0 aromatic heterocycles. The first kappa shape index (κ1) is 11.0. The number of nitrogens with one attached hydrogen (secondary N) is 1. The van der Waals surface area contributed by atoms with E-state index in [2.05, 4.69) is 5.32 Å². The molecule has 0 bridgehead atoms. The molecule has 0 aliphatic carbocycles. The highest BCUT2D eigenvalue weighted by Crippen LogP contribution is 2.28. The van der Waals surface area contributed by atoms with Crippen molar-refractivity contribution in [2.45, 2.75) is 26.3 Å². The van der Waals surface area contributed by atoms with Gasteiger partial charge in [0.15, 0.2) is 5.41 Å². The largest absolute Gasteiger partial charge is 0.480 e. The summed E-state index contributed by atoms with van der Waals surface area (Å²) >= 11 is 0. The summed E-state index contributed by atoms with van der Waals surface area (Å²) in [6.45, 7) is 5.34. The number of hydrogen-bond donors (Lipinski definition) is 2. The summed E-state index contributed by atoms with van der Waals surface area (Å²) in [4.78, 5) is 22.5. The molecule has 1 saturated heterocycles. The summed E-state index contributed by atoms with van der Waals surface area (Å²) in [6.07, 6.45) is 0. The second kappa shape index (κ2) is 3.24. The van der Waals surface area contributed by atoms with Crippen molar-refractivity contribution in [1.29, 1.82) is 0 Å². The monoisotopic (exact) mass is 201 g/mol. The zero-order valence-electron chi connectivity index (χ0n) is 8.59. The third-order valence-electron chi connectivity index (χ3n) is 2.03. The predicted molar refractivity (Wildman–Crippen MR) is 48.8 cm³/mol. The molecule has 0 aromatic rings. The van der Waals surface area contributed by atoms with Crippen LogP contribution in [0.2, 0.25) is 0 Å². The maximum atomic E-state index is 11.6. The fourth-order valence-electron chi connectivity index (χ4n) is 1.12. The number of carbonyl (C=O) groups is 2. The molecular weight excluding hydrogens is 186 g/mol. The molecule has 0 spiro atoms. The number of amides is 1. The van der Waals surface area contributed by atoms with Gasteiger partial charge < -0.3 is 15.2 Å². The Bertz CT molecular complexity index is 262. The number of carboxylic acids is 1. The molecule has 14 heavy (non-hydrogen) atoms. The van der Waals surface area contributed by atoms with Crippen LogP contribution in [0, 0.1) is 5.41 Å². The highest BCUT2D eigenvalue weighted by atomic mass is 16.5. The first-order valence-electron chi connectivity index (χ1n) is 4.42. The first-order valence-corrected chi connectivity index (χ1v) is 4.42. The molecule has 1 amide bonds. The summed E-state index contributed by atoms with van der Waals surface area (Å²) in [5.41, 5.74) is -1.79. The minimum Gasteiger partial charge on any atom is -0.480 e. The molecule has 0 atom stereocenters. The summed E-state index contributed by atoms with van der Waals surface area (Å²) < 4.78 is 4.79. The molecule has 1 rings (SSSR count). The lowest BCUT2D eigenvalue weighted by Crippen LogP contribution is -2.61. The Morgan fingerprint density at radius 2 is 1.86 bits per heavy atom. The van der Waals surface area contributed by atoms with Gasteiger partial charge in [0.2, 0.25) is 5.91 Å². The van der Waals surface area contributed by atoms with Crippen LogP contribution >= 0.6 is 0 Å². The summed E-state index contributed by atoms with van der Waals surface area (Å²) in [5, 5.41) is 11.6. The Morgan fingerprint density at radius 1 is 1.36 bits per heavy atom. The molecule has 0 saturated carbocycles. The molecule has 0 unspecified atom stereocenters. The first-order chi connectivity index (χ1) is 6.28. The van der Waals surface area contributed by atoms with E-state index >= 15 is 0 Å². The van der Waals surface area contributed by atoms with E-state index in [1.807, 2.05) is 0 Å². The van der Waals surface area contributed by atoms with E-state index in [4.69, 9.17) is 9.84 Å². The maximum absolute atomic E-state index is 11.6. The van der Waals surface area contributed by atoms with Gasteiger partial charge in [-0.3, -0.25) is 9.59 Å². The van der Waals surface area contributed by atoms with Crippen molar-refractivity contribution in [1.82, 2.24) is 5.32 Å². The molecule has 1 aliphatic rings. The average molecular weight is 201 g/mol. The molecule has 0 aromatic carbocycles. The van der Waals surface area contributed by atoms with Crippen molar-refractivity contribution in [2.24, 2.45) is 5.41 Å². The van der Waals surface area contributed by atoms with Crippen LogP contribution in [0.25, 0.3) is 0 Å². The molecule has 80 valence electrons. The average Bonchev–Trinajstić information content (AvgIpc) is 1.76. The second-order valence-corrected chi connectivity index (χ2v) is 4.58. The van der Waals surface area contributed by atoms with E-state index in [1.54, 1.807) is 20.8 Å². The molecule has 1 fully saturated rings. The standard InChI is InChI=1S/C9H15NO4/c1-8(2,3)10-6(11)9(7(12)13)4-14-5-9/h4-5H2,1-3H3,(H,10,11)(H,12,13). The molecule has 1 aliphatic heterocycles. The van der Waals surface area contributed by atoms with Gasteiger partial charge in [-0.2, -0.15) is 0 Å². The van der Waals surface area contributed by atoms with Crippen LogP contribution in [0.1, 0.15) is 20.8 Å². The molecule has 2 N–H and O–H groups in total. The van der Waals surface area contributed by atoms with Gasteiger partial charge in [0.05, 0.1) is 13.2 Å². The van der Waals surface area contributed by atoms with E-state index in [0.717, 1.165) is 0 Å². The van der Waals surface area contributed by atoms with Crippen LogP contribution < -0.4 is 5.32 Å². The lowest BCUT2D eigenvalue weighted by atomic mass is 9.84. The fourth-order valence-corrected chi connectivity index (χ4v) is 1.12. The van der Waals surface area contributed by atoms with Crippen molar-refractivity contribution in [3.63, 3.8) is 0 Å². The van der Waals surface area contributed by atoms with Crippen molar-refractivity contribution in [3.05, 3.63) is 0 Å². The zero-order valence-corrected chi connectivity index (χ0v) is 8.59. The van der Waals surface area contributed by atoms with Gasteiger partial charge in [-0.05, 0) is 20.8 Å². The number of carboxylic acid groups (broad SMARTS) is 1. The zero-order chi connectivity index (χ0) is 11.0. The van der Waals surface area contributed by atoms with Gasteiger partial charge in [0, 0.05) is 5.54 Å². The Balaban J connectivity index is 2.72. The predicted octanol–water partition coefficient (Wildman–Crippen LogP) is 0.00230. The highest BCUT2D eigenvalue weighted by molar-refractivity contribution is 6.03. The lowest BCUT2D eigenvalue weighted by Gasteiger charge is -2.37. The lowest BCUT2D eigenvalue weighted by molar-refractivity contribution is -0.186. The Morgan fingerprint density at radius 3 is 2.07 bits per heavy atom.